The minimum absolute atomic E-state index is 0.258. The number of benzene rings is 1. The van der Waals surface area contributed by atoms with Gasteiger partial charge in [-0.2, -0.15) is 0 Å². The highest BCUT2D eigenvalue weighted by molar-refractivity contribution is 5.70. The SMILES string of the molecule is CCC(CC)C(Cc1cccc(C)c1)C(=O)O. The topological polar surface area (TPSA) is 37.3 Å². The normalized spacial score (nSPS) is 12.7. The Bertz CT molecular complexity index is 367. The molecule has 0 aliphatic heterocycles. The van der Waals surface area contributed by atoms with Crippen LogP contribution < -0.4 is 0 Å². The molecule has 0 amide bonds. The highest BCUT2D eigenvalue weighted by Gasteiger charge is 2.25. The fourth-order valence-electron chi connectivity index (χ4n) is 2.41. The van der Waals surface area contributed by atoms with Crippen LogP contribution in [0.1, 0.15) is 37.8 Å². The molecular weight excluding hydrogens is 212 g/mol. The molecular formula is C15H22O2. The van der Waals surface area contributed by atoms with E-state index in [9.17, 15) is 9.90 Å². The lowest BCUT2D eigenvalue weighted by Gasteiger charge is -2.21. The first-order chi connectivity index (χ1) is 8.08. The zero-order valence-corrected chi connectivity index (χ0v) is 10.9. The quantitative estimate of drug-likeness (QED) is 0.815. The predicted octanol–water partition coefficient (Wildman–Crippen LogP) is 3.67. The molecule has 0 aliphatic rings. The lowest BCUT2D eigenvalue weighted by atomic mass is 9.83. The van der Waals surface area contributed by atoms with Gasteiger partial charge in [-0.3, -0.25) is 4.79 Å². The van der Waals surface area contributed by atoms with Crippen molar-refractivity contribution in [3.63, 3.8) is 0 Å². The summed E-state index contributed by atoms with van der Waals surface area (Å²) in [6, 6.07) is 8.14. The van der Waals surface area contributed by atoms with Gasteiger partial charge in [-0.25, -0.2) is 0 Å². The smallest absolute Gasteiger partial charge is 0.307 e. The number of hydrogen-bond donors (Lipinski definition) is 1. The molecule has 0 heterocycles. The van der Waals surface area contributed by atoms with E-state index >= 15 is 0 Å². The van der Waals surface area contributed by atoms with Crippen molar-refractivity contribution in [2.24, 2.45) is 11.8 Å². The molecule has 1 N–H and O–H groups in total. The van der Waals surface area contributed by atoms with Crippen molar-refractivity contribution >= 4 is 5.97 Å². The third-order valence-electron chi connectivity index (χ3n) is 3.47. The average Bonchev–Trinajstić information content (AvgIpc) is 2.29. The molecule has 0 radical (unpaired) electrons. The van der Waals surface area contributed by atoms with Crippen LogP contribution in [-0.4, -0.2) is 11.1 Å². The summed E-state index contributed by atoms with van der Waals surface area (Å²) in [6.07, 6.45) is 2.50. The highest BCUT2D eigenvalue weighted by Crippen LogP contribution is 2.24. The summed E-state index contributed by atoms with van der Waals surface area (Å²) in [4.78, 5) is 11.3. The summed E-state index contributed by atoms with van der Waals surface area (Å²) in [5.74, 6) is -0.653. The first kappa shape index (κ1) is 13.8. The molecule has 1 aromatic rings. The zero-order chi connectivity index (χ0) is 12.8. The molecule has 0 saturated carbocycles. The highest BCUT2D eigenvalue weighted by atomic mass is 16.4. The summed E-state index contributed by atoms with van der Waals surface area (Å²) >= 11 is 0. The molecule has 1 aromatic carbocycles. The number of carboxylic acid groups (broad SMARTS) is 1. The average molecular weight is 234 g/mol. The van der Waals surface area contributed by atoms with E-state index < -0.39 is 5.97 Å². The Kier molecular flexibility index (Phi) is 5.20. The number of carbonyl (C=O) groups is 1. The standard InChI is InChI=1S/C15H22O2/c1-4-13(5-2)14(15(16)17)10-12-8-6-7-11(3)9-12/h6-9,13-14H,4-5,10H2,1-3H3,(H,16,17). The fraction of sp³-hybridized carbons (Fsp3) is 0.533. The minimum Gasteiger partial charge on any atom is -0.481 e. The first-order valence-electron chi connectivity index (χ1n) is 6.36. The van der Waals surface area contributed by atoms with Crippen LogP contribution in [0.2, 0.25) is 0 Å². The Balaban J connectivity index is 2.83. The van der Waals surface area contributed by atoms with Gasteiger partial charge in [0.25, 0.3) is 0 Å². The summed E-state index contributed by atoms with van der Waals surface area (Å²) in [7, 11) is 0. The molecule has 1 rings (SSSR count). The number of carboxylic acids is 1. The maximum absolute atomic E-state index is 11.3. The van der Waals surface area contributed by atoms with E-state index in [0.29, 0.717) is 6.42 Å². The van der Waals surface area contributed by atoms with Crippen molar-refractivity contribution in [2.75, 3.05) is 0 Å². The van der Waals surface area contributed by atoms with Crippen LogP contribution in [0.4, 0.5) is 0 Å². The fourth-order valence-corrected chi connectivity index (χ4v) is 2.41. The maximum atomic E-state index is 11.3. The van der Waals surface area contributed by atoms with Gasteiger partial charge < -0.3 is 5.11 Å². The van der Waals surface area contributed by atoms with Crippen LogP contribution in [0.15, 0.2) is 24.3 Å². The van der Waals surface area contributed by atoms with E-state index in [0.717, 1.165) is 18.4 Å². The second-order valence-corrected chi connectivity index (χ2v) is 4.71. The summed E-state index contributed by atoms with van der Waals surface area (Å²) < 4.78 is 0. The van der Waals surface area contributed by atoms with Gasteiger partial charge in [-0.15, -0.1) is 0 Å². The second-order valence-electron chi connectivity index (χ2n) is 4.71. The molecule has 1 unspecified atom stereocenters. The van der Waals surface area contributed by atoms with Crippen molar-refractivity contribution in [2.45, 2.75) is 40.0 Å². The van der Waals surface area contributed by atoms with Crippen molar-refractivity contribution < 1.29 is 9.90 Å². The number of rotatable bonds is 6. The Morgan fingerprint density at radius 2 is 1.94 bits per heavy atom. The molecule has 0 fully saturated rings. The third-order valence-corrected chi connectivity index (χ3v) is 3.47. The Labute approximate surface area is 104 Å². The predicted molar refractivity (Wildman–Crippen MR) is 70.1 cm³/mol. The van der Waals surface area contributed by atoms with Gasteiger partial charge in [0.2, 0.25) is 0 Å². The third kappa shape index (κ3) is 3.88. The lowest BCUT2D eigenvalue weighted by Crippen LogP contribution is -2.25. The second kappa shape index (κ2) is 6.43. The van der Waals surface area contributed by atoms with Crippen LogP contribution in [0.25, 0.3) is 0 Å². The first-order valence-corrected chi connectivity index (χ1v) is 6.36. The molecule has 17 heavy (non-hydrogen) atoms. The van der Waals surface area contributed by atoms with Gasteiger partial charge in [0, 0.05) is 0 Å². The Morgan fingerprint density at radius 1 is 1.29 bits per heavy atom. The summed E-state index contributed by atoms with van der Waals surface area (Å²) in [5, 5.41) is 9.34. The van der Waals surface area contributed by atoms with E-state index in [1.165, 1.54) is 5.56 Å². The van der Waals surface area contributed by atoms with Gasteiger partial charge in [0.05, 0.1) is 5.92 Å². The molecule has 0 spiro atoms. The van der Waals surface area contributed by atoms with Gasteiger partial charge in [0.15, 0.2) is 0 Å². The lowest BCUT2D eigenvalue weighted by molar-refractivity contribution is -0.143. The summed E-state index contributed by atoms with van der Waals surface area (Å²) in [6.45, 7) is 6.18. The van der Waals surface area contributed by atoms with Crippen LogP contribution in [0, 0.1) is 18.8 Å². The molecule has 0 bridgehead atoms. The summed E-state index contributed by atoms with van der Waals surface area (Å²) in [5.41, 5.74) is 2.32. The van der Waals surface area contributed by atoms with Crippen molar-refractivity contribution in [3.05, 3.63) is 35.4 Å². The van der Waals surface area contributed by atoms with Crippen LogP contribution >= 0.6 is 0 Å². The molecule has 2 heteroatoms. The maximum Gasteiger partial charge on any atom is 0.307 e. The van der Waals surface area contributed by atoms with Gasteiger partial charge >= 0.3 is 5.97 Å². The van der Waals surface area contributed by atoms with Crippen molar-refractivity contribution in [1.82, 2.24) is 0 Å². The minimum atomic E-state index is -0.666. The Hall–Kier alpha value is -1.31. The molecule has 0 aromatic heterocycles. The monoisotopic (exact) mass is 234 g/mol. The number of aryl methyl sites for hydroxylation is 1. The van der Waals surface area contributed by atoms with Gasteiger partial charge in [0.1, 0.15) is 0 Å². The molecule has 0 aliphatic carbocycles. The Morgan fingerprint density at radius 3 is 2.41 bits per heavy atom. The molecule has 0 saturated heterocycles. The van der Waals surface area contributed by atoms with E-state index in [1.54, 1.807) is 0 Å². The number of hydrogen-bond acceptors (Lipinski definition) is 1. The van der Waals surface area contributed by atoms with E-state index in [2.05, 4.69) is 19.9 Å². The zero-order valence-electron chi connectivity index (χ0n) is 10.9. The molecule has 94 valence electrons. The van der Waals surface area contributed by atoms with Crippen LogP contribution in [0.5, 0.6) is 0 Å². The van der Waals surface area contributed by atoms with E-state index in [4.69, 9.17) is 0 Å². The van der Waals surface area contributed by atoms with Crippen LogP contribution in [0.3, 0.4) is 0 Å². The van der Waals surface area contributed by atoms with Gasteiger partial charge in [-0.05, 0) is 24.8 Å². The molecule has 2 nitrogen and oxygen atoms in total. The van der Waals surface area contributed by atoms with Crippen molar-refractivity contribution in [3.8, 4) is 0 Å². The van der Waals surface area contributed by atoms with Crippen molar-refractivity contribution in [1.29, 1.82) is 0 Å². The van der Waals surface area contributed by atoms with Crippen LogP contribution in [-0.2, 0) is 11.2 Å². The number of aliphatic carboxylic acids is 1. The van der Waals surface area contributed by atoms with E-state index in [-0.39, 0.29) is 11.8 Å². The van der Waals surface area contributed by atoms with E-state index in [1.807, 2.05) is 25.1 Å². The van der Waals surface area contributed by atoms with Gasteiger partial charge in [-0.1, -0.05) is 56.5 Å². The molecule has 1 atom stereocenters. The largest absolute Gasteiger partial charge is 0.481 e.